The van der Waals surface area contributed by atoms with Crippen molar-refractivity contribution in [3.63, 3.8) is 0 Å². The molecule has 1 aliphatic carbocycles. The average Bonchev–Trinajstić information content (AvgIpc) is 3.19. The minimum absolute atomic E-state index is 0.0157. The van der Waals surface area contributed by atoms with Crippen molar-refractivity contribution in [3.8, 4) is 5.69 Å². The Morgan fingerprint density at radius 3 is 2.74 bits per heavy atom. The Labute approximate surface area is 136 Å². The molecule has 2 aromatic rings. The van der Waals surface area contributed by atoms with Gasteiger partial charge in [0.1, 0.15) is 5.75 Å². The van der Waals surface area contributed by atoms with E-state index in [9.17, 15) is 9.00 Å². The Hall–Kier alpha value is -2.09. The van der Waals surface area contributed by atoms with Gasteiger partial charge in [-0.25, -0.2) is 0 Å². The first-order chi connectivity index (χ1) is 11.2. The first-order valence-corrected chi connectivity index (χ1v) is 9.18. The van der Waals surface area contributed by atoms with Crippen LogP contribution < -0.4 is 5.32 Å². The van der Waals surface area contributed by atoms with Gasteiger partial charge in [-0.1, -0.05) is 31.0 Å². The summed E-state index contributed by atoms with van der Waals surface area (Å²) in [6.45, 7) is 0. The molecule has 1 amide bonds. The molecule has 122 valence electrons. The van der Waals surface area contributed by atoms with Gasteiger partial charge in [0.05, 0.1) is 11.4 Å². The maximum atomic E-state index is 12.2. The van der Waals surface area contributed by atoms with E-state index in [4.69, 9.17) is 0 Å². The Morgan fingerprint density at radius 1 is 1.26 bits per heavy atom. The van der Waals surface area contributed by atoms with Gasteiger partial charge < -0.3 is 5.32 Å². The highest BCUT2D eigenvalue weighted by molar-refractivity contribution is 7.84. The topological polar surface area (TPSA) is 89.8 Å². The number of rotatable bonds is 6. The van der Waals surface area contributed by atoms with Gasteiger partial charge in [0.25, 0.3) is 0 Å². The summed E-state index contributed by atoms with van der Waals surface area (Å²) in [7, 11) is -1.34. The fourth-order valence-electron chi connectivity index (χ4n) is 2.75. The van der Waals surface area contributed by atoms with Crippen LogP contribution in [0, 0.1) is 0 Å². The molecule has 0 spiro atoms. The lowest BCUT2D eigenvalue weighted by Crippen LogP contribution is -2.36. The van der Waals surface area contributed by atoms with Crippen LogP contribution in [0.1, 0.15) is 31.5 Å². The molecule has 1 aromatic carbocycles. The predicted octanol–water partition coefficient (Wildman–Crippen LogP) is 0.970. The smallest absolute Gasteiger partial charge is 0.232 e. The third-order valence-electron chi connectivity index (χ3n) is 3.84. The number of amides is 1. The maximum absolute atomic E-state index is 12.2. The van der Waals surface area contributed by atoms with Crippen molar-refractivity contribution in [1.82, 2.24) is 25.5 Å². The number of nitrogens with zero attached hydrogens (tertiary/aromatic N) is 4. The number of para-hydroxylation sites is 1. The molecule has 0 bridgehead atoms. The summed E-state index contributed by atoms with van der Waals surface area (Å²) in [5, 5.41) is 14.4. The van der Waals surface area contributed by atoms with Crippen LogP contribution in [-0.4, -0.2) is 42.1 Å². The molecule has 0 radical (unpaired) electrons. The Balaban J connectivity index is 1.58. The van der Waals surface area contributed by atoms with Crippen molar-refractivity contribution in [2.45, 2.75) is 37.5 Å². The average molecular weight is 333 g/mol. The van der Waals surface area contributed by atoms with Crippen LogP contribution in [0.4, 0.5) is 0 Å². The van der Waals surface area contributed by atoms with E-state index in [1.807, 2.05) is 30.3 Å². The summed E-state index contributed by atoms with van der Waals surface area (Å²) in [4.78, 5) is 11.9. The molecular weight excluding hydrogens is 314 g/mol. The van der Waals surface area contributed by atoms with Crippen molar-refractivity contribution in [3.05, 3.63) is 36.2 Å². The summed E-state index contributed by atoms with van der Waals surface area (Å²) >= 11 is 0. The van der Waals surface area contributed by atoms with Gasteiger partial charge in [0.2, 0.25) is 5.91 Å². The van der Waals surface area contributed by atoms with Gasteiger partial charge in [0, 0.05) is 16.8 Å². The highest BCUT2D eigenvalue weighted by atomic mass is 32.2. The zero-order chi connectivity index (χ0) is 16.1. The maximum Gasteiger partial charge on any atom is 0.232 e. The molecule has 8 heteroatoms. The summed E-state index contributed by atoms with van der Waals surface area (Å²) in [6, 6.07) is 9.65. The van der Waals surface area contributed by atoms with Gasteiger partial charge >= 0.3 is 0 Å². The number of nitrogens with one attached hydrogen (secondary N) is 1. The van der Waals surface area contributed by atoms with Gasteiger partial charge in [-0.3, -0.25) is 9.00 Å². The van der Waals surface area contributed by atoms with E-state index in [2.05, 4.69) is 20.8 Å². The molecule has 1 fully saturated rings. The lowest BCUT2D eigenvalue weighted by molar-refractivity contribution is -0.119. The zero-order valence-corrected chi connectivity index (χ0v) is 13.5. The monoisotopic (exact) mass is 333 g/mol. The van der Waals surface area contributed by atoms with E-state index >= 15 is 0 Å². The number of aromatic nitrogens is 4. The van der Waals surface area contributed by atoms with Crippen molar-refractivity contribution >= 4 is 16.7 Å². The Bertz CT molecular complexity index is 682. The van der Waals surface area contributed by atoms with Crippen molar-refractivity contribution in [2.24, 2.45) is 0 Å². The number of carbonyl (C=O) groups excluding carboxylic acids is 1. The highest BCUT2D eigenvalue weighted by Gasteiger charge is 2.19. The second-order valence-corrected chi connectivity index (χ2v) is 7.08. The Kier molecular flexibility index (Phi) is 5.12. The van der Waals surface area contributed by atoms with Crippen LogP contribution in [0.25, 0.3) is 5.69 Å². The van der Waals surface area contributed by atoms with Crippen molar-refractivity contribution in [2.75, 3.05) is 5.75 Å². The summed E-state index contributed by atoms with van der Waals surface area (Å²) in [5.41, 5.74) is 0.805. The molecule has 23 heavy (non-hydrogen) atoms. The zero-order valence-electron chi connectivity index (χ0n) is 12.7. The largest absolute Gasteiger partial charge is 0.353 e. The van der Waals surface area contributed by atoms with Crippen LogP contribution in [0.3, 0.4) is 0 Å². The van der Waals surface area contributed by atoms with Gasteiger partial charge in [0.15, 0.2) is 5.82 Å². The minimum atomic E-state index is -1.34. The number of hydrogen-bond donors (Lipinski definition) is 1. The number of hydrogen-bond acceptors (Lipinski definition) is 5. The molecule has 1 atom stereocenters. The molecule has 0 saturated heterocycles. The van der Waals surface area contributed by atoms with Gasteiger partial charge in [-0.15, -0.1) is 5.10 Å². The highest BCUT2D eigenvalue weighted by Crippen LogP contribution is 2.17. The van der Waals surface area contributed by atoms with Crippen molar-refractivity contribution < 1.29 is 9.00 Å². The number of carbonyl (C=O) groups is 1. The molecule has 1 aliphatic rings. The molecule has 1 aromatic heterocycles. The van der Waals surface area contributed by atoms with E-state index in [-0.39, 0.29) is 23.5 Å². The SMILES string of the molecule is O=C(C[S@@](=O)Cc1nnnn1-c1ccccc1)NC1CCCC1. The molecule has 7 nitrogen and oxygen atoms in total. The summed E-state index contributed by atoms with van der Waals surface area (Å²) < 4.78 is 13.8. The van der Waals surface area contributed by atoms with Gasteiger partial charge in [-0.2, -0.15) is 4.68 Å². The first kappa shape index (κ1) is 15.8. The van der Waals surface area contributed by atoms with Crippen LogP contribution in [0.15, 0.2) is 30.3 Å². The van der Waals surface area contributed by atoms with Crippen LogP contribution in [-0.2, 0) is 21.3 Å². The third kappa shape index (κ3) is 4.22. The van der Waals surface area contributed by atoms with E-state index < -0.39 is 10.8 Å². The standard InChI is InChI=1S/C15H19N5O2S/c21-15(16-12-6-4-5-7-12)11-23(22)10-14-17-18-19-20(14)13-8-2-1-3-9-13/h1-3,8-9,12H,4-7,10-11H2,(H,16,21)/t23-/m0/s1. The second kappa shape index (κ2) is 7.45. The number of benzene rings is 1. The van der Waals surface area contributed by atoms with Crippen molar-refractivity contribution in [1.29, 1.82) is 0 Å². The van der Waals surface area contributed by atoms with E-state index in [1.54, 1.807) is 4.68 Å². The van der Waals surface area contributed by atoms with Crippen LogP contribution >= 0.6 is 0 Å². The quantitative estimate of drug-likeness (QED) is 0.851. The summed E-state index contributed by atoms with van der Waals surface area (Å²) in [6.07, 6.45) is 4.34. The van der Waals surface area contributed by atoms with Crippen LogP contribution in [0.2, 0.25) is 0 Å². The molecule has 1 N–H and O–H groups in total. The molecule has 3 rings (SSSR count). The van der Waals surface area contributed by atoms with E-state index in [0.717, 1.165) is 31.4 Å². The van der Waals surface area contributed by atoms with E-state index in [0.29, 0.717) is 5.82 Å². The molecule has 1 saturated carbocycles. The second-order valence-electron chi connectivity index (χ2n) is 5.62. The molecule has 1 heterocycles. The fraction of sp³-hybridized carbons (Fsp3) is 0.467. The predicted molar refractivity (Wildman–Crippen MR) is 86.3 cm³/mol. The lowest BCUT2D eigenvalue weighted by Gasteiger charge is -2.11. The Morgan fingerprint density at radius 2 is 2.00 bits per heavy atom. The van der Waals surface area contributed by atoms with E-state index in [1.165, 1.54) is 0 Å². The van der Waals surface area contributed by atoms with Gasteiger partial charge in [-0.05, 0) is 35.4 Å². The third-order valence-corrected chi connectivity index (χ3v) is 5.00. The number of tetrazole rings is 1. The first-order valence-electron chi connectivity index (χ1n) is 7.69. The molecule has 0 aliphatic heterocycles. The molecular formula is C15H19N5O2S. The molecule has 0 unspecified atom stereocenters. The normalized spacial score (nSPS) is 16.3. The minimum Gasteiger partial charge on any atom is -0.353 e. The fourth-order valence-corrected chi connectivity index (χ4v) is 3.69. The van der Waals surface area contributed by atoms with Crippen LogP contribution in [0.5, 0.6) is 0 Å². The summed E-state index contributed by atoms with van der Waals surface area (Å²) in [5.74, 6) is 0.468. The lowest BCUT2D eigenvalue weighted by atomic mass is 10.2.